The number of hydrogen-bond donors (Lipinski definition) is 3. The number of halogens is 4. The molecule has 0 fully saturated rings. The zero-order valence-electron chi connectivity index (χ0n) is 15.1. The van der Waals surface area contributed by atoms with Crippen molar-refractivity contribution >= 4 is 52.9 Å². The van der Waals surface area contributed by atoms with Crippen LogP contribution in [0, 0.1) is 0 Å². The Morgan fingerprint density at radius 1 is 0.967 bits per heavy atom. The van der Waals surface area contributed by atoms with Crippen molar-refractivity contribution in [3.8, 4) is 0 Å². The third-order valence-corrected chi connectivity index (χ3v) is 4.02. The van der Waals surface area contributed by atoms with E-state index in [-0.39, 0.29) is 0 Å². The van der Waals surface area contributed by atoms with Gasteiger partial charge in [-0.05, 0) is 35.4 Å². The summed E-state index contributed by atoms with van der Waals surface area (Å²) in [7, 11) is 0. The smallest absolute Gasteiger partial charge is 0.475 e. The molecule has 1 aromatic heterocycles. The van der Waals surface area contributed by atoms with Gasteiger partial charge >= 0.3 is 12.1 Å². The molecule has 3 N–H and O–H groups in total. The normalized spacial score (nSPS) is 13.1. The Morgan fingerprint density at radius 3 is 2.03 bits per heavy atom. The lowest BCUT2D eigenvalue weighted by Crippen LogP contribution is -2.21. The van der Waals surface area contributed by atoms with Crippen LogP contribution in [0.15, 0.2) is 54.7 Å². The van der Waals surface area contributed by atoms with Crippen LogP contribution in [0.25, 0.3) is 12.2 Å². The van der Waals surface area contributed by atoms with Crippen LogP contribution in [0.5, 0.6) is 0 Å². The number of carbonyl (C=O) groups is 1. The zero-order valence-corrected chi connectivity index (χ0v) is 15.9. The van der Waals surface area contributed by atoms with Crippen LogP contribution in [0.2, 0.25) is 5.02 Å². The van der Waals surface area contributed by atoms with Crippen LogP contribution in [0.3, 0.4) is 0 Å². The summed E-state index contributed by atoms with van der Waals surface area (Å²) in [5.41, 5.74) is 4.04. The summed E-state index contributed by atoms with van der Waals surface area (Å²) in [6, 6.07) is 16.1. The molecule has 4 rings (SSSR count). The van der Waals surface area contributed by atoms with Crippen molar-refractivity contribution in [3.05, 3.63) is 70.9 Å². The summed E-state index contributed by atoms with van der Waals surface area (Å²) in [6.07, 6.45) is 0.654. The van der Waals surface area contributed by atoms with Gasteiger partial charge in [-0.1, -0.05) is 48.0 Å². The molecule has 0 saturated carbocycles. The summed E-state index contributed by atoms with van der Waals surface area (Å²) >= 11 is 6.20. The first kappa shape index (κ1) is 21.1. The van der Waals surface area contributed by atoms with Gasteiger partial charge in [0.15, 0.2) is 5.82 Å². The Bertz CT molecular complexity index is 1100. The molecule has 6 nitrogen and oxygen atoms in total. The van der Waals surface area contributed by atoms with E-state index in [1.54, 1.807) is 6.20 Å². The highest BCUT2D eigenvalue weighted by Gasteiger charge is 2.38. The van der Waals surface area contributed by atoms with E-state index in [0.29, 0.717) is 16.8 Å². The quantitative estimate of drug-likeness (QED) is 0.327. The molecule has 2 aromatic carbocycles. The van der Waals surface area contributed by atoms with Gasteiger partial charge < -0.3 is 15.7 Å². The summed E-state index contributed by atoms with van der Waals surface area (Å²) in [5.74, 6) is -1.69. The second-order valence-corrected chi connectivity index (χ2v) is 6.43. The summed E-state index contributed by atoms with van der Waals surface area (Å²) in [5, 5.41) is 14.0. The first-order chi connectivity index (χ1) is 14.2. The molecule has 3 aromatic rings. The molecule has 0 atom stereocenters. The topological polar surface area (TPSA) is 87.1 Å². The number of carboxylic acid groups (broad SMARTS) is 1. The number of fused-ring (bicyclic) bond motifs is 6. The van der Waals surface area contributed by atoms with E-state index in [4.69, 9.17) is 21.5 Å². The maximum atomic E-state index is 10.6. The van der Waals surface area contributed by atoms with Gasteiger partial charge in [-0.2, -0.15) is 18.2 Å². The standard InChI is InChI=1S/C18H13ClN4.C2HF3O2/c19-16-11-20-18-22-15-6-2-4-13(10-15)8-7-12-3-1-5-14(9-12)21-17(16)23-18;3-2(4,5)1(6)7/h1-11H,(H2,20,21,22,23);(H,6,7)/b8-7-;. The van der Waals surface area contributed by atoms with Gasteiger partial charge in [0.25, 0.3) is 0 Å². The molecule has 0 unspecified atom stereocenters. The number of hydrogen-bond acceptors (Lipinski definition) is 5. The van der Waals surface area contributed by atoms with Crippen LogP contribution in [-0.4, -0.2) is 27.2 Å². The number of rotatable bonds is 0. The molecule has 0 aliphatic carbocycles. The number of aromatic nitrogens is 2. The lowest BCUT2D eigenvalue weighted by atomic mass is 10.1. The molecule has 154 valence electrons. The van der Waals surface area contributed by atoms with E-state index < -0.39 is 12.1 Å². The molecule has 0 amide bonds. The molecule has 10 heteroatoms. The summed E-state index contributed by atoms with van der Waals surface area (Å²) < 4.78 is 31.7. The maximum absolute atomic E-state index is 10.6. The Hall–Kier alpha value is -3.59. The largest absolute Gasteiger partial charge is 0.490 e. The maximum Gasteiger partial charge on any atom is 0.490 e. The summed E-state index contributed by atoms with van der Waals surface area (Å²) in [6.45, 7) is 0. The van der Waals surface area contributed by atoms with Crippen molar-refractivity contribution in [2.45, 2.75) is 6.18 Å². The molecule has 1 aliphatic heterocycles. The van der Waals surface area contributed by atoms with E-state index in [2.05, 4.69) is 44.9 Å². The van der Waals surface area contributed by atoms with Gasteiger partial charge in [-0.15, -0.1) is 0 Å². The lowest BCUT2D eigenvalue weighted by molar-refractivity contribution is -0.192. The predicted molar refractivity (Wildman–Crippen MR) is 109 cm³/mol. The minimum Gasteiger partial charge on any atom is -0.475 e. The van der Waals surface area contributed by atoms with E-state index >= 15 is 0 Å². The number of nitrogens with one attached hydrogen (secondary N) is 2. The van der Waals surface area contributed by atoms with E-state index in [1.165, 1.54) is 0 Å². The van der Waals surface area contributed by atoms with Gasteiger partial charge in [0, 0.05) is 11.4 Å². The number of alkyl halides is 3. The lowest BCUT2D eigenvalue weighted by Gasteiger charge is -2.10. The first-order valence-electron chi connectivity index (χ1n) is 8.45. The fourth-order valence-electron chi connectivity index (χ4n) is 2.41. The molecule has 0 saturated heterocycles. The van der Waals surface area contributed by atoms with E-state index in [1.807, 2.05) is 36.4 Å². The molecule has 0 radical (unpaired) electrons. The first-order valence-corrected chi connectivity index (χ1v) is 8.83. The van der Waals surface area contributed by atoms with Gasteiger partial charge in [-0.25, -0.2) is 9.78 Å². The van der Waals surface area contributed by atoms with Crippen molar-refractivity contribution in [2.24, 2.45) is 0 Å². The Morgan fingerprint density at radius 2 is 1.50 bits per heavy atom. The predicted octanol–water partition coefficient (Wildman–Crippen LogP) is 5.73. The average molecular weight is 435 g/mol. The monoisotopic (exact) mass is 434 g/mol. The minimum atomic E-state index is -5.08. The number of carboxylic acids is 1. The SMILES string of the molecule is Clc1cnc2nc1Nc1cccc(c1)/C=C\c1cccc(c1)N2.O=C(O)C(F)(F)F. The van der Waals surface area contributed by atoms with Crippen molar-refractivity contribution in [1.29, 1.82) is 0 Å². The highest BCUT2D eigenvalue weighted by molar-refractivity contribution is 6.32. The highest BCUT2D eigenvalue weighted by atomic mass is 35.5. The van der Waals surface area contributed by atoms with Crippen molar-refractivity contribution < 1.29 is 23.1 Å². The molecular formula is C20H14ClF3N4O2. The van der Waals surface area contributed by atoms with Crippen LogP contribution in [0.1, 0.15) is 11.1 Å². The van der Waals surface area contributed by atoms with E-state index in [9.17, 15) is 13.2 Å². The van der Waals surface area contributed by atoms with Gasteiger partial charge in [0.05, 0.1) is 6.20 Å². The Kier molecular flexibility index (Phi) is 6.22. The second-order valence-electron chi connectivity index (χ2n) is 6.03. The fourth-order valence-corrected chi connectivity index (χ4v) is 2.55. The molecule has 0 spiro atoms. The Balaban J connectivity index is 0.000000318. The van der Waals surface area contributed by atoms with Crippen molar-refractivity contribution in [3.63, 3.8) is 0 Å². The van der Waals surface area contributed by atoms with Crippen LogP contribution in [0.4, 0.5) is 36.3 Å². The zero-order chi connectivity index (χ0) is 21.7. The minimum absolute atomic E-state index is 0.472. The molecule has 1 aliphatic rings. The molecule has 2 heterocycles. The van der Waals surface area contributed by atoms with Crippen molar-refractivity contribution in [2.75, 3.05) is 10.6 Å². The average Bonchev–Trinajstić information content (AvgIpc) is 2.69. The van der Waals surface area contributed by atoms with Crippen LogP contribution < -0.4 is 10.6 Å². The molecule has 6 bridgehead atoms. The summed E-state index contributed by atoms with van der Waals surface area (Å²) in [4.78, 5) is 17.6. The fraction of sp³-hybridized carbons (Fsp3) is 0.0500. The third-order valence-electron chi connectivity index (χ3n) is 3.75. The number of benzene rings is 2. The molecular weight excluding hydrogens is 421 g/mol. The van der Waals surface area contributed by atoms with Crippen molar-refractivity contribution in [1.82, 2.24) is 9.97 Å². The van der Waals surface area contributed by atoms with Gasteiger partial charge in [0.1, 0.15) is 5.02 Å². The molecule has 30 heavy (non-hydrogen) atoms. The number of aliphatic carboxylic acids is 1. The van der Waals surface area contributed by atoms with Gasteiger partial charge in [0.2, 0.25) is 5.95 Å². The van der Waals surface area contributed by atoms with Crippen LogP contribution >= 0.6 is 11.6 Å². The van der Waals surface area contributed by atoms with Gasteiger partial charge in [-0.3, -0.25) is 0 Å². The number of nitrogens with zero attached hydrogens (tertiary/aromatic N) is 2. The second kappa shape index (κ2) is 8.83. The third kappa shape index (κ3) is 5.71. The highest BCUT2D eigenvalue weighted by Crippen LogP contribution is 2.26. The van der Waals surface area contributed by atoms with E-state index in [0.717, 1.165) is 22.5 Å². The number of anilines is 4. The Labute approximate surface area is 174 Å². The van der Waals surface area contributed by atoms with Crippen LogP contribution in [-0.2, 0) is 4.79 Å².